The molecule has 0 aliphatic heterocycles. The fraction of sp³-hybridized carbons (Fsp3) is 0.105. The zero-order valence-electron chi connectivity index (χ0n) is 12.5. The van der Waals surface area contributed by atoms with Gasteiger partial charge in [0.1, 0.15) is 5.57 Å². The zero-order chi connectivity index (χ0) is 15.5. The van der Waals surface area contributed by atoms with E-state index in [0.717, 1.165) is 27.1 Å². The predicted octanol–water partition coefficient (Wildman–Crippen LogP) is 4.15. The van der Waals surface area contributed by atoms with Gasteiger partial charge in [0.25, 0.3) is 0 Å². The van der Waals surface area contributed by atoms with E-state index in [1.54, 1.807) is 0 Å². The quantitative estimate of drug-likeness (QED) is 0.315. The Labute approximate surface area is 128 Å². The summed E-state index contributed by atoms with van der Waals surface area (Å²) in [4.78, 5) is 12.1. The van der Waals surface area contributed by atoms with Crippen molar-refractivity contribution in [1.82, 2.24) is 0 Å². The lowest BCUT2D eigenvalue weighted by Crippen LogP contribution is -2.05. The number of methoxy groups -OCH3 is 2. The third kappa shape index (κ3) is 2.31. The van der Waals surface area contributed by atoms with Gasteiger partial charge in [-0.15, -0.1) is 0 Å². The Balaban J connectivity index is 2.41. The number of hydrogen-bond acceptors (Lipinski definition) is 3. The lowest BCUT2D eigenvalue weighted by atomic mass is 9.93. The third-order valence-corrected chi connectivity index (χ3v) is 3.70. The van der Waals surface area contributed by atoms with Crippen LogP contribution in [0.15, 0.2) is 60.9 Å². The fourth-order valence-corrected chi connectivity index (χ4v) is 2.73. The summed E-state index contributed by atoms with van der Waals surface area (Å²) in [7, 11) is 2.89. The summed E-state index contributed by atoms with van der Waals surface area (Å²) in [6.07, 6.45) is 1.43. The highest BCUT2D eigenvalue weighted by molar-refractivity contribution is 6.23. The summed E-state index contributed by atoms with van der Waals surface area (Å²) < 4.78 is 9.97. The van der Waals surface area contributed by atoms with Crippen LogP contribution in [0.25, 0.3) is 27.1 Å². The Morgan fingerprint density at radius 1 is 0.909 bits per heavy atom. The first-order valence-electron chi connectivity index (χ1n) is 6.98. The van der Waals surface area contributed by atoms with E-state index in [-0.39, 0.29) is 0 Å². The van der Waals surface area contributed by atoms with Crippen LogP contribution in [0.4, 0.5) is 0 Å². The molecule has 0 unspecified atom stereocenters. The molecule has 0 aromatic heterocycles. The van der Waals surface area contributed by atoms with E-state index in [9.17, 15) is 4.79 Å². The molecule has 0 saturated carbocycles. The molecular formula is C19H16O3. The molecule has 0 radical (unpaired) electrons. The van der Waals surface area contributed by atoms with E-state index >= 15 is 0 Å². The van der Waals surface area contributed by atoms with Crippen molar-refractivity contribution < 1.29 is 14.3 Å². The van der Waals surface area contributed by atoms with Crippen molar-refractivity contribution in [2.45, 2.75) is 0 Å². The van der Waals surface area contributed by atoms with E-state index in [4.69, 9.17) is 9.47 Å². The minimum absolute atomic E-state index is 0.409. The molecule has 3 rings (SSSR count). The smallest absolute Gasteiger partial charge is 0.341 e. The molecule has 0 bridgehead atoms. The van der Waals surface area contributed by atoms with E-state index in [1.807, 2.05) is 42.5 Å². The lowest BCUT2D eigenvalue weighted by Gasteiger charge is -2.12. The van der Waals surface area contributed by atoms with Gasteiger partial charge in [-0.25, -0.2) is 4.79 Å². The summed E-state index contributed by atoms with van der Waals surface area (Å²) >= 11 is 0. The molecule has 0 heterocycles. The van der Waals surface area contributed by atoms with Crippen LogP contribution >= 0.6 is 0 Å². The number of benzene rings is 3. The van der Waals surface area contributed by atoms with E-state index < -0.39 is 5.97 Å². The van der Waals surface area contributed by atoms with E-state index in [2.05, 4.69) is 12.1 Å². The highest BCUT2D eigenvalue weighted by Gasteiger charge is 2.17. The molecule has 3 aromatic carbocycles. The molecule has 0 saturated heterocycles. The topological polar surface area (TPSA) is 35.5 Å². The first-order chi connectivity index (χ1) is 10.8. The Morgan fingerprint density at radius 3 is 2.23 bits per heavy atom. The maximum absolute atomic E-state index is 12.1. The second kappa shape index (κ2) is 5.90. The number of carbonyl (C=O) groups excluding carboxylic acids is 1. The second-order valence-corrected chi connectivity index (χ2v) is 4.95. The molecule has 3 heteroatoms. The summed E-state index contributed by atoms with van der Waals surface area (Å²) in [5.41, 5.74) is 1.22. The molecule has 0 aliphatic rings. The van der Waals surface area contributed by atoms with Crippen LogP contribution in [0.3, 0.4) is 0 Å². The molecule has 0 fully saturated rings. The van der Waals surface area contributed by atoms with Crippen LogP contribution in [-0.4, -0.2) is 20.2 Å². The molecule has 0 spiro atoms. The first kappa shape index (κ1) is 14.1. The van der Waals surface area contributed by atoms with E-state index in [1.165, 1.54) is 20.5 Å². The summed E-state index contributed by atoms with van der Waals surface area (Å²) in [5.74, 6) is -0.415. The zero-order valence-corrected chi connectivity index (χ0v) is 12.5. The van der Waals surface area contributed by atoms with Crippen LogP contribution in [-0.2, 0) is 14.3 Å². The maximum Gasteiger partial charge on any atom is 0.341 e. The van der Waals surface area contributed by atoms with Crippen LogP contribution in [0, 0.1) is 0 Å². The lowest BCUT2D eigenvalue weighted by molar-refractivity contribution is -0.133. The molecular weight excluding hydrogens is 276 g/mol. The monoisotopic (exact) mass is 292 g/mol. The number of rotatable bonds is 3. The average molecular weight is 292 g/mol. The van der Waals surface area contributed by atoms with Gasteiger partial charge in [0.2, 0.25) is 0 Å². The number of fused-ring (bicyclic) bond motifs is 3. The molecule has 110 valence electrons. The summed E-state index contributed by atoms with van der Waals surface area (Å²) in [6, 6.07) is 18.1. The molecule has 22 heavy (non-hydrogen) atoms. The molecule has 3 nitrogen and oxygen atoms in total. The van der Waals surface area contributed by atoms with Gasteiger partial charge < -0.3 is 9.47 Å². The Kier molecular flexibility index (Phi) is 3.79. The molecule has 3 aromatic rings. The predicted molar refractivity (Wildman–Crippen MR) is 88.5 cm³/mol. The number of ether oxygens (including phenoxy) is 2. The minimum atomic E-state index is -0.415. The van der Waals surface area contributed by atoms with Gasteiger partial charge in [-0.1, -0.05) is 48.5 Å². The second-order valence-electron chi connectivity index (χ2n) is 4.95. The number of carbonyl (C=O) groups is 1. The minimum Gasteiger partial charge on any atom is -0.503 e. The highest BCUT2D eigenvalue weighted by Crippen LogP contribution is 2.32. The average Bonchev–Trinajstić information content (AvgIpc) is 2.58. The Morgan fingerprint density at radius 2 is 1.55 bits per heavy atom. The van der Waals surface area contributed by atoms with Crippen molar-refractivity contribution in [3.8, 4) is 0 Å². The van der Waals surface area contributed by atoms with Gasteiger partial charge in [-0.2, -0.15) is 0 Å². The van der Waals surface area contributed by atoms with Crippen LogP contribution in [0.1, 0.15) is 5.56 Å². The Bertz CT molecular complexity index is 878. The van der Waals surface area contributed by atoms with Crippen molar-refractivity contribution in [1.29, 1.82) is 0 Å². The largest absolute Gasteiger partial charge is 0.503 e. The fourth-order valence-electron chi connectivity index (χ4n) is 2.73. The molecule has 0 atom stereocenters. The van der Waals surface area contributed by atoms with Gasteiger partial charge >= 0.3 is 5.97 Å². The van der Waals surface area contributed by atoms with Crippen LogP contribution in [0.5, 0.6) is 0 Å². The van der Waals surface area contributed by atoms with Crippen LogP contribution in [0.2, 0.25) is 0 Å². The van der Waals surface area contributed by atoms with Crippen molar-refractivity contribution >= 4 is 33.1 Å². The Hall–Kier alpha value is -2.81. The highest BCUT2D eigenvalue weighted by atomic mass is 16.5. The summed E-state index contributed by atoms with van der Waals surface area (Å²) in [5, 5.41) is 4.32. The van der Waals surface area contributed by atoms with Gasteiger partial charge in [-0.05, 0) is 27.6 Å². The van der Waals surface area contributed by atoms with Gasteiger partial charge in [0.15, 0.2) is 0 Å². The molecule has 0 aliphatic carbocycles. The first-order valence-corrected chi connectivity index (χ1v) is 6.98. The van der Waals surface area contributed by atoms with Crippen molar-refractivity contribution in [3.63, 3.8) is 0 Å². The molecule has 0 N–H and O–H groups in total. The SMILES string of the molecule is CO/C=C(/C(=O)OC)c1cc2ccccc2c2ccccc12. The maximum atomic E-state index is 12.1. The van der Waals surface area contributed by atoms with Crippen molar-refractivity contribution in [2.24, 2.45) is 0 Å². The van der Waals surface area contributed by atoms with Gasteiger partial charge in [0.05, 0.1) is 20.5 Å². The van der Waals surface area contributed by atoms with Gasteiger partial charge in [-0.3, -0.25) is 0 Å². The van der Waals surface area contributed by atoms with E-state index in [0.29, 0.717) is 5.57 Å². The third-order valence-electron chi connectivity index (χ3n) is 3.70. The normalized spacial score (nSPS) is 11.6. The van der Waals surface area contributed by atoms with Crippen molar-refractivity contribution in [2.75, 3.05) is 14.2 Å². The van der Waals surface area contributed by atoms with Gasteiger partial charge in [0, 0.05) is 5.56 Å². The van der Waals surface area contributed by atoms with Crippen LogP contribution < -0.4 is 0 Å². The van der Waals surface area contributed by atoms with Crippen molar-refractivity contribution in [3.05, 3.63) is 66.4 Å². The summed E-state index contributed by atoms with van der Waals surface area (Å²) in [6.45, 7) is 0. The number of hydrogen-bond donors (Lipinski definition) is 0. The number of esters is 1. The standard InChI is InChI=1S/C19H16O3/c1-21-12-18(19(20)22-2)17-11-13-7-3-4-8-14(13)15-9-5-6-10-16(15)17/h3-12H,1-2H3/b18-12+. The molecule has 0 amide bonds.